The number of thiol groups is 1. The van der Waals surface area contributed by atoms with E-state index in [1.54, 1.807) is 6.92 Å². The summed E-state index contributed by atoms with van der Waals surface area (Å²) in [6, 6.07) is 0. The molecule has 0 saturated carbocycles. The Morgan fingerprint density at radius 1 is 1.56 bits per heavy atom. The molecule has 0 aliphatic heterocycles. The molecule has 0 fully saturated rings. The van der Waals surface area contributed by atoms with Crippen LogP contribution in [-0.4, -0.2) is 21.7 Å². The second-order valence-corrected chi connectivity index (χ2v) is 2.39. The Hall–Kier alpha value is -0.640. The Bertz CT molecular complexity index is 195. The highest BCUT2D eigenvalue weighted by atomic mass is 32.2. The fourth-order valence-electron chi connectivity index (χ4n) is 0.359. The summed E-state index contributed by atoms with van der Waals surface area (Å²) in [6.07, 6.45) is 2.81. The molecule has 0 saturated heterocycles. The monoisotopic (exact) mass is 147 g/mol. The first-order valence-corrected chi connectivity index (χ1v) is 3.63. The summed E-state index contributed by atoms with van der Waals surface area (Å²) in [5.41, 5.74) is 0. The second kappa shape index (κ2) is 4.26. The van der Waals surface area contributed by atoms with Crippen molar-refractivity contribution in [3.63, 3.8) is 0 Å². The van der Waals surface area contributed by atoms with Crippen LogP contribution in [0.2, 0.25) is 0 Å². The molecule has 3 nitrogen and oxygen atoms in total. The molecule has 52 valence electrons. The molecule has 0 rings (SSSR count). The van der Waals surface area contributed by atoms with E-state index >= 15 is 0 Å². The highest BCUT2D eigenvalue weighted by Gasteiger charge is 1.89. The van der Waals surface area contributed by atoms with Crippen molar-refractivity contribution in [3.05, 3.63) is 11.0 Å². The molecule has 0 aliphatic rings. The average Bonchev–Trinajstić information content (AvgIpc) is 1.82. The molecular formula is C5H9NO2S. The SMILES string of the molecule is C/C=C(\C=N/C)[SH](=O)=O. The zero-order valence-corrected chi connectivity index (χ0v) is 6.26. The molecule has 0 aromatic rings. The number of nitrogens with zero attached hydrogens (tertiary/aromatic N) is 1. The summed E-state index contributed by atoms with van der Waals surface area (Å²) in [5, 5.41) is 0. The summed E-state index contributed by atoms with van der Waals surface area (Å²) in [4.78, 5) is 3.81. The maximum Gasteiger partial charge on any atom is 0.169 e. The van der Waals surface area contributed by atoms with E-state index in [0.29, 0.717) is 0 Å². The highest BCUT2D eigenvalue weighted by Crippen LogP contribution is 1.88. The van der Waals surface area contributed by atoms with Gasteiger partial charge in [0.2, 0.25) is 0 Å². The van der Waals surface area contributed by atoms with Crippen molar-refractivity contribution < 1.29 is 8.42 Å². The van der Waals surface area contributed by atoms with Gasteiger partial charge in [-0.1, -0.05) is 6.08 Å². The van der Waals surface area contributed by atoms with Gasteiger partial charge in [-0.25, -0.2) is 8.42 Å². The third kappa shape index (κ3) is 3.03. The molecule has 0 bridgehead atoms. The smallest absolute Gasteiger partial charge is 0.169 e. The van der Waals surface area contributed by atoms with Gasteiger partial charge in [0.1, 0.15) is 0 Å². The van der Waals surface area contributed by atoms with Crippen LogP contribution in [0.1, 0.15) is 6.92 Å². The zero-order valence-electron chi connectivity index (χ0n) is 5.37. The van der Waals surface area contributed by atoms with Gasteiger partial charge in [-0.3, -0.25) is 4.99 Å². The zero-order chi connectivity index (χ0) is 7.28. The molecule has 0 aromatic carbocycles. The van der Waals surface area contributed by atoms with E-state index in [0.717, 1.165) is 0 Å². The van der Waals surface area contributed by atoms with E-state index in [9.17, 15) is 8.42 Å². The minimum absolute atomic E-state index is 0.257. The van der Waals surface area contributed by atoms with Crippen molar-refractivity contribution in [2.24, 2.45) is 4.99 Å². The van der Waals surface area contributed by atoms with Crippen molar-refractivity contribution in [2.75, 3.05) is 7.05 Å². The van der Waals surface area contributed by atoms with E-state index in [-0.39, 0.29) is 4.91 Å². The van der Waals surface area contributed by atoms with Gasteiger partial charge in [-0.05, 0) is 6.92 Å². The molecule has 0 unspecified atom stereocenters. The van der Waals surface area contributed by atoms with Crippen LogP contribution in [0.25, 0.3) is 0 Å². The first-order chi connectivity index (χ1) is 4.22. The minimum Gasteiger partial charge on any atom is -0.295 e. The molecule has 0 N–H and O–H groups in total. The lowest BCUT2D eigenvalue weighted by Crippen LogP contribution is -1.85. The molecule has 4 heteroatoms. The van der Waals surface area contributed by atoms with Gasteiger partial charge in [0.25, 0.3) is 0 Å². The van der Waals surface area contributed by atoms with E-state index in [1.165, 1.54) is 19.3 Å². The number of rotatable bonds is 2. The van der Waals surface area contributed by atoms with Gasteiger partial charge < -0.3 is 0 Å². The maximum absolute atomic E-state index is 10.2. The van der Waals surface area contributed by atoms with E-state index < -0.39 is 10.7 Å². The molecule has 0 atom stereocenters. The minimum atomic E-state index is -2.46. The lowest BCUT2D eigenvalue weighted by Gasteiger charge is -1.82. The van der Waals surface area contributed by atoms with Crippen molar-refractivity contribution >= 4 is 16.9 Å². The lowest BCUT2D eigenvalue weighted by atomic mass is 10.5. The van der Waals surface area contributed by atoms with Gasteiger partial charge >= 0.3 is 0 Å². The van der Waals surface area contributed by atoms with Crippen LogP contribution >= 0.6 is 0 Å². The summed E-state index contributed by atoms with van der Waals surface area (Å²) in [7, 11) is -0.928. The molecule has 0 radical (unpaired) electrons. The highest BCUT2D eigenvalue weighted by molar-refractivity contribution is 7.77. The average molecular weight is 147 g/mol. The fourth-order valence-corrected chi connectivity index (χ4v) is 0.780. The van der Waals surface area contributed by atoms with E-state index in [1.807, 2.05) is 0 Å². The topological polar surface area (TPSA) is 46.5 Å². The Labute approximate surface area is 56.1 Å². The van der Waals surface area contributed by atoms with Gasteiger partial charge in [0.15, 0.2) is 10.7 Å². The quantitative estimate of drug-likeness (QED) is 0.448. The standard InChI is InChI=1S/C5H9NO2S/c1-3-5(4-6-2)9(7)8/h3-4,9H,1-2H3/b5-3+,6-4-. The van der Waals surface area contributed by atoms with Crippen molar-refractivity contribution in [1.29, 1.82) is 0 Å². The van der Waals surface area contributed by atoms with Crippen molar-refractivity contribution in [2.45, 2.75) is 6.92 Å². The summed E-state index contributed by atoms with van der Waals surface area (Å²) < 4.78 is 20.4. The Morgan fingerprint density at radius 2 is 2.11 bits per heavy atom. The first kappa shape index (κ1) is 8.36. The van der Waals surface area contributed by atoms with Crippen LogP contribution in [0.3, 0.4) is 0 Å². The molecule has 0 amide bonds. The maximum atomic E-state index is 10.2. The predicted molar refractivity (Wildman–Crippen MR) is 38.5 cm³/mol. The summed E-state index contributed by atoms with van der Waals surface area (Å²) in [5.74, 6) is 0. The number of allylic oxidation sites excluding steroid dienone is 2. The molecular weight excluding hydrogens is 138 g/mol. The van der Waals surface area contributed by atoms with Crippen molar-refractivity contribution in [3.8, 4) is 0 Å². The number of hydrogen-bond acceptors (Lipinski definition) is 3. The molecule has 0 aliphatic carbocycles. The predicted octanol–water partition coefficient (Wildman–Crippen LogP) is 0.202. The lowest BCUT2D eigenvalue weighted by molar-refractivity contribution is 0.621. The molecule has 0 spiro atoms. The first-order valence-electron chi connectivity index (χ1n) is 2.45. The second-order valence-electron chi connectivity index (χ2n) is 1.36. The molecule has 0 aromatic heterocycles. The molecule has 9 heavy (non-hydrogen) atoms. The fraction of sp³-hybridized carbons (Fsp3) is 0.400. The largest absolute Gasteiger partial charge is 0.295 e. The number of aliphatic imine (C=N–C) groups is 1. The molecule has 0 heterocycles. The Balaban J connectivity index is 4.38. The summed E-state index contributed by atoms with van der Waals surface area (Å²) >= 11 is 0. The number of hydrogen-bond donors (Lipinski definition) is 1. The third-order valence-electron chi connectivity index (χ3n) is 0.768. The van der Waals surface area contributed by atoms with Crippen LogP contribution in [-0.2, 0) is 10.7 Å². The van der Waals surface area contributed by atoms with Gasteiger partial charge in [-0.15, -0.1) is 0 Å². The normalized spacial score (nSPS) is 13.4. The Kier molecular flexibility index (Phi) is 3.96. The van der Waals surface area contributed by atoms with Crippen LogP contribution < -0.4 is 0 Å². The van der Waals surface area contributed by atoms with Gasteiger partial charge in [0.05, 0.1) is 4.91 Å². The van der Waals surface area contributed by atoms with E-state index in [4.69, 9.17) is 0 Å². The van der Waals surface area contributed by atoms with Crippen LogP contribution in [0, 0.1) is 0 Å². The summed E-state index contributed by atoms with van der Waals surface area (Å²) in [6.45, 7) is 1.65. The van der Waals surface area contributed by atoms with Crippen LogP contribution in [0.15, 0.2) is 16.0 Å². The van der Waals surface area contributed by atoms with Crippen LogP contribution in [0.5, 0.6) is 0 Å². The van der Waals surface area contributed by atoms with E-state index in [2.05, 4.69) is 4.99 Å². The van der Waals surface area contributed by atoms with Crippen molar-refractivity contribution in [1.82, 2.24) is 0 Å². The van der Waals surface area contributed by atoms with Gasteiger partial charge in [-0.2, -0.15) is 0 Å². The Morgan fingerprint density at radius 3 is 2.22 bits per heavy atom. The van der Waals surface area contributed by atoms with Crippen LogP contribution in [0.4, 0.5) is 0 Å². The van der Waals surface area contributed by atoms with Gasteiger partial charge in [0, 0.05) is 13.3 Å². The third-order valence-corrected chi connectivity index (χ3v) is 1.56.